The van der Waals surface area contributed by atoms with Crippen molar-refractivity contribution in [2.45, 2.75) is 193 Å². The second-order valence-electron chi connectivity index (χ2n) is 22.7. The van der Waals surface area contributed by atoms with Crippen LogP contribution in [0.4, 0.5) is 0 Å². The largest absolute Gasteiger partial charge is 0.480 e. The molecule has 10 N–H and O–H groups in total. The van der Waals surface area contributed by atoms with Crippen molar-refractivity contribution in [1.82, 2.24) is 0 Å². The maximum absolute atomic E-state index is 14.7. The molecule has 0 aromatic heterocycles. The fourth-order valence-electron chi connectivity index (χ4n) is 14.3. The number of rotatable bonds is 13. The first-order valence-electron chi connectivity index (χ1n) is 23.6. The summed E-state index contributed by atoms with van der Waals surface area (Å²) >= 11 is 0. The van der Waals surface area contributed by atoms with Crippen molar-refractivity contribution in [3.63, 3.8) is 0 Å². The second kappa shape index (κ2) is 18.4. The number of carboxylic acid groups (broad SMARTS) is 3. The summed E-state index contributed by atoms with van der Waals surface area (Å²) < 4.78 is 34.2. The average molecular weight is 957 g/mol. The van der Waals surface area contributed by atoms with Gasteiger partial charge in [0.25, 0.3) is 0 Å². The van der Waals surface area contributed by atoms with Gasteiger partial charge in [0.1, 0.15) is 49.3 Å². The highest BCUT2D eigenvalue weighted by Gasteiger charge is 2.70. The molecule has 0 amide bonds. The van der Waals surface area contributed by atoms with Crippen LogP contribution in [0.2, 0.25) is 0 Å². The summed E-state index contributed by atoms with van der Waals surface area (Å²) in [5.41, 5.74) is -1.20. The predicted octanol–water partition coefficient (Wildman–Crippen LogP) is 1.31. The van der Waals surface area contributed by atoms with Gasteiger partial charge >= 0.3 is 23.9 Å². The van der Waals surface area contributed by atoms with Crippen LogP contribution in [0.1, 0.15) is 113 Å². The average Bonchev–Trinajstić information content (AvgIpc) is 3.24. The Hall–Kier alpha value is -2.86. The Bertz CT molecular complexity index is 1920. The summed E-state index contributed by atoms with van der Waals surface area (Å²) in [5, 5.41) is 103. The van der Waals surface area contributed by atoms with E-state index in [0.717, 1.165) is 32.1 Å². The summed E-state index contributed by atoms with van der Waals surface area (Å²) in [6, 6.07) is 0. The molecule has 0 radical (unpaired) electrons. The van der Waals surface area contributed by atoms with E-state index in [9.17, 15) is 65.1 Å². The third-order valence-electron chi connectivity index (χ3n) is 18.3. The topological polar surface area (TPSA) is 326 Å². The molecule has 5 unspecified atom stereocenters. The summed E-state index contributed by atoms with van der Waals surface area (Å²) in [5.74, 6) is -5.54. The molecule has 2 heterocycles. The van der Waals surface area contributed by atoms with Gasteiger partial charge in [-0.15, -0.1) is 0 Å². The Morgan fingerprint density at radius 1 is 0.776 bits per heavy atom. The van der Waals surface area contributed by atoms with E-state index >= 15 is 0 Å². The zero-order valence-electron chi connectivity index (χ0n) is 39.4. The van der Waals surface area contributed by atoms with Crippen molar-refractivity contribution in [2.24, 2.45) is 50.2 Å². The van der Waals surface area contributed by atoms with E-state index in [-0.39, 0.29) is 39.4 Å². The minimum atomic E-state index is -2.48. The Balaban J connectivity index is 1.13. The molecule has 2 saturated heterocycles. The van der Waals surface area contributed by atoms with Crippen LogP contribution >= 0.6 is 0 Å². The summed E-state index contributed by atoms with van der Waals surface area (Å²) in [6.07, 6.45) is -13.8. The molecule has 0 aromatic rings. The van der Waals surface area contributed by atoms with E-state index in [2.05, 4.69) is 54.5 Å². The van der Waals surface area contributed by atoms with Gasteiger partial charge < -0.3 is 79.5 Å². The Kier molecular flexibility index (Phi) is 14.3. The summed E-state index contributed by atoms with van der Waals surface area (Å²) in [6.45, 7) is 13.8. The van der Waals surface area contributed by atoms with Gasteiger partial charge in [0, 0.05) is 0 Å². The molecule has 20 nitrogen and oxygen atoms in total. The molecule has 7 rings (SSSR count). The minimum Gasteiger partial charge on any atom is -0.480 e. The van der Waals surface area contributed by atoms with Crippen LogP contribution < -0.4 is 0 Å². The normalized spacial score (nSPS) is 46.5. The second-order valence-corrected chi connectivity index (χ2v) is 22.7. The number of aliphatic carboxylic acids is 3. The highest BCUT2D eigenvalue weighted by atomic mass is 16.7. The van der Waals surface area contributed by atoms with Crippen molar-refractivity contribution in [2.75, 3.05) is 13.2 Å². The van der Waals surface area contributed by atoms with Crippen LogP contribution in [-0.2, 0) is 47.6 Å². The number of fused-ring (bicyclic) bond motifs is 7. The van der Waals surface area contributed by atoms with E-state index < -0.39 is 128 Å². The van der Waals surface area contributed by atoms with Gasteiger partial charge in [0.15, 0.2) is 18.7 Å². The lowest BCUT2D eigenvalue weighted by molar-refractivity contribution is -0.345. The molecular formula is C47H72O20. The molecule has 7 aliphatic rings. The molecule has 67 heavy (non-hydrogen) atoms. The smallest absolute Gasteiger partial charge is 0.337 e. The van der Waals surface area contributed by atoms with Gasteiger partial charge in [0.05, 0.1) is 18.1 Å². The van der Waals surface area contributed by atoms with Crippen LogP contribution in [0.25, 0.3) is 0 Å². The molecule has 5 aliphatic carbocycles. The van der Waals surface area contributed by atoms with Crippen molar-refractivity contribution >= 4 is 23.9 Å². The van der Waals surface area contributed by atoms with Crippen LogP contribution in [0.5, 0.6) is 0 Å². The van der Waals surface area contributed by atoms with Crippen LogP contribution in [0.3, 0.4) is 0 Å². The van der Waals surface area contributed by atoms with Crippen molar-refractivity contribution < 1.29 is 98.7 Å². The lowest BCUT2D eigenvalue weighted by Crippen LogP contribution is -2.66. The van der Waals surface area contributed by atoms with E-state index in [1.165, 1.54) is 5.57 Å². The zero-order valence-corrected chi connectivity index (χ0v) is 39.4. The van der Waals surface area contributed by atoms with Crippen molar-refractivity contribution in [3.8, 4) is 0 Å². The maximum Gasteiger partial charge on any atom is 0.337 e. The number of ether oxygens (including phenoxy) is 6. The number of carbonyl (C=O) groups is 4. The Labute approximate surface area is 389 Å². The molecule has 380 valence electrons. The van der Waals surface area contributed by atoms with E-state index in [1.54, 1.807) is 0 Å². The first-order valence-corrected chi connectivity index (χ1v) is 23.6. The number of allylic oxidation sites excluding steroid dienone is 2. The van der Waals surface area contributed by atoms with Gasteiger partial charge in [-0.2, -0.15) is 0 Å². The molecular weight excluding hydrogens is 884 g/mol. The monoisotopic (exact) mass is 956 g/mol. The zero-order chi connectivity index (χ0) is 49.6. The van der Waals surface area contributed by atoms with Crippen molar-refractivity contribution in [1.29, 1.82) is 0 Å². The van der Waals surface area contributed by atoms with Gasteiger partial charge in [-0.1, -0.05) is 60.1 Å². The Morgan fingerprint density at radius 3 is 2.07 bits per heavy atom. The highest BCUT2D eigenvalue weighted by Crippen LogP contribution is 2.76. The maximum atomic E-state index is 14.7. The number of esters is 1. The van der Waals surface area contributed by atoms with Crippen LogP contribution in [-0.4, -0.2) is 168 Å². The van der Waals surface area contributed by atoms with Crippen molar-refractivity contribution in [3.05, 3.63) is 11.6 Å². The lowest BCUT2D eigenvalue weighted by Gasteiger charge is -2.71. The molecule has 2 aliphatic heterocycles. The Morgan fingerprint density at radius 2 is 1.45 bits per heavy atom. The number of hydrogen-bond donors (Lipinski definition) is 10. The van der Waals surface area contributed by atoms with Gasteiger partial charge in [-0.25, -0.2) is 14.4 Å². The fraction of sp³-hybridized carbons (Fsp3) is 0.872. The number of carboxylic acids is 3. The molecule has 0 bridgehead atoms. The first kappa shape index (κ1) is 52.0. The number of hydrogen-bond acceptors (Lipinski definition) is 17. The SMILES string of the molecule is CC1(C)CC[C@]2(C(=O)O[C@@H]3O[C@H](CO)[C@@H](O)[C@H](O)[C@H]3O)CC[C@]3(C)C(=CCC4[C@@]5(C)CCC(O[C@@H]6O[C@H](C(=O)O)[C@@H](O)[C@H](OC(OCC(=O)O)C(O)C(=O)O)[C@H]6O)C(C)(C)C5CC[C@]43C)[C@H]2C1. The quantitative estimate of drug-likeness (QED) is 0.0538. The summed E-state index contributed by atoms with van der Waals surface area (Å²) in [4.78, 5) is 49.9. The molecule has 0 aromatic carbocycles. The number of aliphatic hydroxyl groups is 7. The standard InChI is InChI=1S/C47H72O20/c1-42(2)14-16-47(41(61)67-39-30(53)29(52)28(51)23(19-48)63-39)17-15-45(6)21(22(47)18-42)8-9-25-44(5)12-11-26(43(3,4)24(44)10-13-46(25,45)7)64-40-32(55)34(31(54)35(66-40)37(59)60)65-38(33(56)36(57)58)62-20-27(49)50/h8,22-26,28-35,38-40,48,51-56H,9-20H2,1-7H3,(H,49,50)(H,57,58)(H,59,60)/t22-,23-,24?,25?,26?,28-,29+,30-,31+,32-,33?,34+,35+,38?,39+,40-,44+,45-,46-,47+/m1/s1. The third-order valence-corrected chi connectivity index (χ3v) is 18.3. The lowest BCUT2D eigenvalue weighted by atomic mass is 9.33. The summed E-state index contributed by atoms with van der Waals surface area (Å²) in [7, 11) is 0. The van der Waals surface area contributed by atoms with Gasteiger partial charge in [-0.3, -0.25) is 4.79 Å². The fourth-order valence-corrected chi connectivity index (χ4v) is 14.3. The third kappa shape index (κ3) is 8.65. The molecule has 4 saturated carbocycles. The van der Waals surface area contributed by atoms with E-state index in [4.69, 9.17) is 33.5 Å². The van der Waals surface area contributed by atoms with E-state index in [0.29, 0.717) is 32.1 Å². The molecule has 20 heteroatoms. The van der Waals surface area contributed by atoms with Gasteiger partial charge in [-0.05, 0) is 109 Å². The minimum absolute atomic E-state index is 0.0494. The number of carbonyl (C=O) groups excluding carboxylic acids is 1. The first-order chi connectivity index (χ1) is 31.1. The van der Waals surface area contributed by atoms with Gasteiger partial charge in [0.2, 0.25) is 12.4 Å². The highest BCUT2D eigenvalue weighted by molar-refractivity contribution is 5.79. The van der Waals surface area contributed by atoms with Crippen LogP contribution in [0.15, 0.2) is 11.6 Å². The van der Waals surface area contributed by atoms with E-state index in [1.807, 2.05) is 0 Å². The molecule has 0 spiro atoms. The predicted molar refractivity (Wildman–Crippen MR) is 228 cm³/mol. The molecule has 6 fully saturated rings. The number of aliphatic hydroxyl groups excluding tert-OH is 7. The van der Waals surface area contributed by atoms with Crippen LogP contribution in [0, 0.1) is 50.2 Å². The molecule has 20 atom stereocenters.